The van der Waals surface area contributed by atoms with E-state index in [4.69, 9.17) is 4.74 Å². The Morgan fingerprint density at radius 2 is 1.72 bits per heavy atom. The fourth-order valence-corrected chi connectivity index (χ4v) is 3.18. The number of hydrogen-bond donors (Lipinski definition) is 1. The average Bonchev–Trinajstić information content (AvgIpc) is 2.86. The minimum absolute atomic E-state index is 0.00211. The van der Waals surface area contributed by atoms with Crippen LogP contribution in [-0.4, -0.2) is 29.6 Å². The van der Waals surface area contributed by atoms with Crippen molar-refractivity contribution < 1.29 is 27.8 Å². The van der Waals surface area contributed by atoms with Crippen molar-refractivity contribution in [3.63, 3.8) is 0 Å². The van der Waals surface area contributed by atoms with Crippen LogP contribution in [0.1, 0.15) is 31.9 Å². The van der Waals surface area contributed by atoms with Crippen LogP contribution in [0.15, 0.2) is 48.5 Å². The van der Waals surface area contributed by atoms with Gasteiger partial charge in [-0.3, -0.25) is 9.69 Å². The van der Waals surface area contributed by atoms with Crippen molar-refractivity contribution in [2.75, 3.05) is 0 Å². The molecule has 1 atom stereocenters. The van der Waals surface area contributed by atoms with Crippen molar-refractivity contribution in [3.05, 3.63) is 59.7 Å². The van der Waals surface area contributed by atoms with Crippen molar-refractivity contribution in [3.8, 4) is 11.5 Å². The summed E-state index contributed by atoms with van der Waals surface area (Å²) < 4.78 is 34.6. The summed E-state index contributed by atoms with van der Waals surface area (Å²) >= 11 is 0. The Hall–Kier alpha value is -3.16. The smallest absolute Gasteiger partial charge is 0.387 e. The van der Waals surface area contributed by atoms with Crippen LogP contribution in [0.5, 0.6) is 11.5 Å². The van der Waals surface area contributed by atoms with Crippen molar-refractivity contribution in [2.24, 2.45) is 0 Å². The molecule has 0 unspecified atom stereocenters. The summed E-state index contributed by atoms with van der Waals surface area (Å²) in [4.78, 5) is 26.6. The second-order valence-corrected chi connectivity index (χ2v) is 7.16. The molecule has 0 bridgehead atoms. The van der Waals surface area contributed by atoms with Gasteiger partial charge in [0.05, 0.1) is 12.6 Å². The number of imide groups is 1. The Balaban J connectivity index is 1.78. The number of alkyl halides is 2. The lowest BCUT2D eigenvalue weighted by molar-refractivity contribution is -0.131. The highest BCUT2D eigenvalue weighted by Gasteiger charge is 2.48. The SMILES string of the molecule is CC(C)Oc1cccc(CN2C(=O)N[C@](C)(c3ccc(OC(F)F)cc3)C2=O)c1. The van der Waals surface area contributed by atoms with Gasteiger partial charge in [0.25, 0.3) is 5.91 Å². The standard InChI is InChI=1S/C21H22F2N2O4/c1-13(2)28-17-6-4-5-14(11-17)12-25-18(26)21(3,24-20(25)27)15-7-9-16(10-8-15)29-19(22)23/h4-11,13,19H,12H2,1-3H3,(H,24,27)/t21-/m1/s1. The number of halogens is 2. The first kappa shape index (κ1) is 20.6. The number of nitrogens with one attached hydrogen (secondary N) is 1. The molecule has 1 saturated heterocycles. The molecule has 3 rings (SSSR count). The van der Waals surface area contributed by atoms with Crippen LogP contribution >= 0.6 is 0 Å². The first-order valence-electron chi connectivity index (χ1n) is 9.14. The molecule has 1 aliphatic heterocycles. The minimum atomic E-state index is -2.94. The third-order valence-electron chi connectivity index (χ3n) is 4.54. The summed E-state index contributed by atoms with van der Waals surface area (Å²) in [5.41, 5.74) is -0.0830. The summed E-state index contributed by atoms with van der Waals surface area (Å²) in [6, 6.07) is 12.3. The number of carbonyl (C=O) groups excluding carboxylic acids is 2. The number of rotatable bonds is 7. The Labute approximate surface area is 167 Å². The van der Waals surface area contributed by atoms with E-state index in [1.165, 1.54) is 24.3 Å². The van der Waals surface area contributed by atoms with Gasteiger partial charge in [-0.25, -0.2) is 4.79 Å². The predicted octanol–water partition coefficient (Wildman–Crippen LogP) is 4.04. The lowest BCUT2D eigenvalue weighted by Gasteiger charge is -2.22. The van der Waals surface area contributed by atoms with E-state index in [1.807, 2.05) is 19.9 Å². The molecular formula is C21H22F2N2O4. The molecule has 29 heavy (non-hydrogen) atoms. The van der Waals surface area contributed by atoms with Gasteiger partial charge >= 0.3 is 12.6 Å². The van der Waals surface area contributed by atoms with Crippen LogP contribution in [0.3, 0.4) is 0 Å². The monoisotopic (exact) mass is 404 g/mol. The van der Waals surface area contributed by atoms with Gasteiger partial charge in [0.1, 0.15) is 17.0 Å². The number of ether oxygens (including phenoxy) is 2. The topological polar surface area (TPSA) is 67.9 Å². The van der Waals surface area contributed by atoms with E-state index in [2.05, 4.69) is 10.1 Å². The summed E-state index contributed by atoms with van der Waals surface area (Å²) in [6.07, 6.45) is 0.00211. The Morgan fingerprint density at radius 1 is 1.03 bits per heavy atom. The van der Waals surface area contributed by atoms with Gasteiger partial charge in [-0.1, -0.05) is 24.3 Å². The van der Waals surface area contributed by atoms with E-state index >= 15 is 0 Å². The molecule has 3 amide bonds. The normalized spacial score (nSPS) is 19.1. The zero-order valence-electron chi connectivity index (χ0n) is 16.3. The molecule has 1 N–H and O–H groups in total. The van der Waals surface area contributed by atoms with Crippen LogP contribution in [0.2, 0.25) is 0 Å². The molecule has 1 heterocycles. The Morgan fingerprint density at radius 3 is 2.34 bits per heavy atom. The van der Waals surface area contributed by atoms with Crippen molar-refractivity contribution in [1.29, 1.82) is 0 Å². The second-order valence-electron chi connectivity index (χ2n) is 7.16. The maximum Gasteiger partial charge on any atom is 0.387 e. The van der Waals surface area contributed by atoms with Crippen molar-refractivity contribution in [1.82, 2.24) is 10.2 Å². The molecular weight excluding hydrogens is 382 g/mol. The third-order valence-corrected chi connectivity index (χ3v) is 4.54. The summed E-state index contributed by atoms with van der Waals surface area (Å²) in [5.74, 6) is 0.199. The van der Waals surface area contributed by atoms with Gasteiger partial charge < -0.3 is 14.8 Å². The van der Waals surface area contributed by atoms with Gasteiger partial charge in [-0.2, -0.15) is 8.78 Å². The minimum Gasteiger partial charge on any atom is -0.491 e. The maximum atomic E-state index is 13.0. The van der Waals surface area contributed by atoms with E-state index in [0.717, 1.165) is 10.5 Å². The highest BCUT2D eigenvalue weighted by molar-refractivity contribution is 6.07. The number of amides is 3. The lowest BCUT2D eigenvalue weighted by Crippen LogP contribution is -2.40. The highest BCUT2D eigenvalue weighted by atomic mass is 19.3. The van der Waals surface area contributed by atoms with Gasteiger partial charge in [0, 0.05) is 0 Å². The number of nitrogens with zero attached hydrogens (tertiary/aromatic N) is 1. The predicted molar refractivity (Wildman–Crippen MR) is 102 cm³/mol. The Kier molecular flexibility index (Phi) is 5.72. The van der Waals surface area contributed by atoms with Gasteiger partial charge in [0.2, 0.25) is 0 Å². The van der Waals surface area contributed by atoms with E-state index in [0.29, 0.717) is 11.3 Å². The number of benzene rings is 2. The molecule has 2 aromatic carbocycles. The third kappa shape index (κ3) is 4.47. The molecule has 0 aliphatic carbocycles. The highest BCUT2D eigenvalue weighted by Crippen LogP contribution is 2.31. The first-order valence-corrected chi connectivity index (χ1v) is 9.14. The van der Waals surface area contributed by atoms with Crippen molar-refractivity contribution >= 4 is 11.9 Å². The van der Waals surface area contributed by atoms with Crippen LogP contribution in [0.4, 0.5) is 13.6 Å². The van der Waals surface area contributed by atoms with E-state index < -0.39 is 24.1 Å². The van der Waals surface area contributed by atoms with E-state index in [9.17, 15) is 18.4 Å². The molecule has 1 aliphatic rings. The Bertz CT molecular complexity index is 902. The molecule has 154 valence electrons. The molecule has 0 radical (unpaired) electrons. The fourth-order valence-electron chi connectivity index (χ4n) is 3.18. The number of urea groups is 1. The second kappa shape index (κ2) is 8.06. The molecule has 0 spiro atoms. The van der Waals surface area contributed by atoms with E-state index in [1.54, 1.807) is 25.1 Å². The number of hydrogen-bond acceptors (Lipinski definition) is 4. The van der Waals surface area contributed by atoms with Crippen LogP contribution in [-0.2, 0) is 16.9 Å². The quantitative estimate of drug-likeness (QED) is 0.708. The zero-order valence-corrected chi connectivity index (χ0v) is 16.3. The van der Waals surface area contributed by atoms with Crippen LogP contribution in [0.25, 0.3) is 0 Å². The van der Waals surface area contributed by atoms with E-state index in [-0.39, 0.29) is 18.4 Å². The molecule has 0 saturated carbocycles. The fraction of sp³-hybridized carbons (Fsp3) is 0.333. The van der Waals surface area contributed by atoms with Gasteiger partial charge in [0.15, 0.2) is 0 Å². The maximum absolute atomic E-state index is 13.0. The summed E-state index contributed by atoms with van der Waals surface area (Å²) in [5, 5.41) is 2.69. The van der Waals surface area contributed by atoms with Gasteiger partial charge in [-0.15, -0.1) is 0 Å². The molecule has 1 fully saturated rings. The largest absolute Gasteiger partial charge is 0.491 e. The molecule has 8 heteroatoms. The zero-order chi connectivity index (χ0) is 21.2. The number of carbonyl (C=O) groups is 2. The van der Waals surface area contributed by atoms with Crippen molar-refractivity contribution in [2.45, 2.75) is 45.6 Å². The lowest BCUT2D eigenvalue weighted by atomic mass is 9.92. The summed E-state index contributed by atoms with van der Waals surface area (Å²) in [7, 11) is 0. The average molecular weight is 404 g/mol. The van der Waals surface area contributed by atoms with Crippen LogP contribution < -0.4 is 14.8 Å². The van der Waals surface area contributed by atoms with Crippen LogP contribution in [0, 0.1) is 0 Å². The summed E-state index contributed by atoms with van der Waals surface area (Å²) in [6.45, 7) is 2.55. The molecule has 0 aromatic heterocycles. The molecule has 2 aromatic rings. The molecule has 6 nitrogen and oxygen atoms in total. The first-order chi connectivity index (χ1) is 13.7. The van der Waals surface area contributed by atoms with Gasteiger partial charge in [-0.05, 0) is 56.2 Å².